The van der Waals surface area contributed by atoms with Gasteiger partial charge in [-0.2, -0.15) is 4.31 Å². The predicted molar refractivity (Wildman–Crippen MR) is 129 cm³/mol. The molecule has 10 nitrogen and oxygen atoms in total. The molecule has 0 aliphatic carbocycles. The second-order valence-electron chi connectivity index (χ2n) is 9.00. The minimum Gasteiger partial charge on any atom is -0.482 e. The van der Waals surface area contributed by atoms with E-state index in [-0.39, 0.29) is 30.3 Å². The molecule has 1 amide bonds. The highest BCUT2D eigenvalue weighted by atomic mass is 32.2. The van der Waals surface area contributed by atoms with Gasteiger partial charge in [-0.05, 0) is 29.7 Å². The van der Waals surface area contributed by atoms with E-state index >= 15 is 0 Å². The van der Waals surface area contributed by atoms with Gasteiger partial charge < -0.3 is 26.0 Å². The Morgan fingerprint density at radius 2 is 1.86 bits per heavy atom. The molecule has 2 unspecified atom stereocenters. The third-order valence-corrected chi connectivity index (χ3v) is 8.21. The number of aliphatic hydroxyl groups excluding tert-OH is 2. The first kappa shape index (κ1) is 25.5. The van der Waals surface area contributed by atoms with Gasteiger partial charge in [0.2, 0.25) is 10.0 Å². The molecular formula is C24H32N4O6S. The lowest BCUT2D eigenvalue weighted by Gasteiger charge is -2.30. The number of aliphatic hydroxyl groups is 2. The van der Waals surface area contributed by atoms with Gasteiger partial charge in [0, 0.05) is 45.3 Å². The number of amides is 1. The van der Waals surface area contributed by atoms with E-state index in [2.05, 4.69) is 22.3 Å². The second-order valence-corrected chi connectivity index (χ2v) is 10.9. The number of benzene rings is 2. The molecule has 0 radical (unpaired) electrons. The Hall–Kier alpha value is -2.54. The number of carbonyl (C=O) groups excluding carboxylic acids is 1. The van der Waals surface area contributed by atoms with E-state index in [0.29, 0.717) is 6.54 Å². The van der Waals surface area contributed by atoms with Crippen LogP contribution in [0.3, 0.4) is 0 Å². The van der Waals surface area contributed by atoms with E-state index < -0.39 is 40.8 Å². The maximum Gasteiger partial charge on any atom is 0.258 e. The summed E-state index contributed by atoms with van der Waals surface area (Å²) in [6.45, 7) is 1.59. The van der Waals surface area contributed by atoms with Crippen molar-refractivity contribution in [3.63, 3.8) is 0 Å². The number of rotatable bonds is 9. The Morgan fingerprint density at radius 1 is 1.14 bits per heavy atom. The summed E-state index contributed by atoms with van der Waals surface area (Å²) in [6, 6.07) is 13.6. The number of hydrogen-bond donors (Lipinski definition) is 4. The van der Waals surface area contributed by atoms with Gasteiger partial charge in [-0.25, -0.2) is 8.42 Å². The van der Waals surface area contributed by atoms with Crippen LogP contribution in [0.15, 0.2) is 53.4 Å². The number of nitrogens with one attached hydrogen (secondary N) is 1. The van der Waals surface area contributed by atoms with E-state index in [1.165, 1.54) is 23.3 Å². The maximum absolute atomic E-state index is 13.0. The Bertz CT molecular complexity index is 1130. The summed E-state index contributed by atoms with van der Waals surface area (Å²) in [5.41, 5.74) is 8.33. The minimum atomic E-state index is -3.96. The summed E-state index contributed by atoms with van der Waals surface area (Å²) >= 11 is 0. The fraction of sp³-hybridized carbons (Fsp3) is 0.458. The van der Waals surface area contributed by atoms with Crippen LogP contribution in [0.25, 0.3) is 0 Å². The summed E-state index contributed by atoms with van der Waals surface area (Å²) in [4.78, 5) is 14.4. The molecule has 1 fully saturated rings. The summed E-state index contributed by atoms with van der Waals surface area (Å²) in [5.74, 6) is -0.441. The van der Waals surface area contributed by atoms with Crippen LogP contribution in [0.4, 0.5) is 0 Å². The molecule has 11 heteroatoms. The second kappa shape index (κ2) is 11.0. The van der Waals surface area contributed by atoms with Gasteiger partial charge in [0.05, 0.1) is 12.2 Å². The SMILES string of the molecule is NC1CN(S(=O)(=O)c2ccccc2OCC(=O)NC[C@@H](O)CN2CCc3ccccc3C2)CC1O. The summed E-state index contributed by atoms with van der Waals surface area (Å²) in [5, 5.41) is 22.9. The Labute approximate surface area is 205 Å². The molecule has 2 aliphatic heterocycles. The van der Waals surface area contributed by atoms with Crippen molar-refractivity contribution in [1.29, 1.82) is 0 Å². The van der Waals surface area contributed by atoms with E-state index in [0.717, 1.165) is 23.8 Å². The molecule has 0 aromatic heterocycles. The molecule has 2 aliphatic rings. The maximum atomic E-state index is 13.0. The summed E-state index contributed by atoms with van der Waals surface area (Å²) in [7, 11) is -3.96. The highest BCUT2D eigenvalue weighted by Gasteiger charge is 2.38. The number of nitrogens with two attached hydrogens (primary N) is 1. The Morgan fingerprint density at radius 3 is 2.60 bits per heavy atom. The number of β-amino-alcohol motifs (C(OH)–C–C–N with tert-alkyl or cyclic N) is 2. The zero-order valence-corrected chi connectivity index (χ0v) is 20.2. The molecule has 0 spiro atoms. The van der Waals surface area contributed by atoms with E-state index in [1.807, 2.05) is 12.1 Å². The Balaban J connectivity index is 1.26. The number of ether oxygens (including phenoxy) is 1. The first-order valence-electron chi connectivity index (χ1n) is 11.6. The molecule has 3 atom stereocenters. The number of para-hydroxylation sites is 1. The fourth-order valence-corrected chi connectivity index (χ4v) is 6.02. The van der Waals surface area contributed by atoms with Crippen molar-refractivity contribution in [3.8, 4) is 5.75 Å². The van der Waals surface area contributed by atoms with Crippen molar-refractivity contribution in [3.05, 3.63) is 59.7 Å². The number of fused-ring (bicyclic) bond motifs is 1. The highest BCUT2D eigenvalue weighted by Crippen LogP contribution is 2.28. The highest BCUT2D eigenvalue weighted by molar-refractivity contribution is 7.89. The van der Waals surface area contributed by atoms with E-state index in [4.69, 9.17) is 10.5 Å². The van der Waals surface area contributed by atoms with Crippen LogP contribution in [-0.4, -0.2) is 91.3 Å². The van der Waals surface area contributed by atoms with Crippen LogP contribution in [-0.2, 0) is 27.8 Å². The molecule has 190 valence electrons. The molecule has 2 aromatic rings. The van der Waals surface area contributed by atoms with Crippen LogP contribution < -0.4 is 15.8 Å². The predicted octanol–water partition coefficient (Wildman–Crippen LogP) is -0.707. The molecular weight excluding hydrogens is 472 g/mol. The van der Waals surface area contributed by atoms with Crippen molar-refractivity contribution >= 4 is 15.9 Å². The molecule has 5 N–H and O–H groups in total. The standard InChI is InChI=1S/C24H32N4O6S/c25-20-14-28(15-21(20)30)35(32,33)23-8-4-3-7-22(23)34-16-24(31)26-11-19(29)13-27-10-9-17-5-1-2-6-18(17)12-27/h1-8,19-21,29-30H,9-16,25H2,(H,26,31)/t19-,20?,21?/m1/s1. The molecule has 0 saturated carbocycles. The number of carbonyl (C=O) groups is 1. The lowest BCUT2D eigenvalue weighted by atomic mass is 10.00. The lowest BCUT2D eigenvalue weighted by Crippen LogP contribution is -2.43. The summed E-state index contributed by atoms with van der Waals surface area (Å²) < 4.78 is 32.7. The van der Waals surface area contributed by atoms with Crippen molar-refractivity contribution < 1.29 is 28.2 Å². The normalized spacial score (nSPS) is 21.9. The zero-order valence-electron chi connectivity index (χ0n) is 19.4. The third-order valence-electron chi connectivity index (χ3n) is 6.34. The average molecular weight is 505 g/mol. The van der Waals surface area contributed by atoms with E-state index in [1.54, 1.807) is 12.1 Å². The minimum absolute atomic E-state index is 0.00118. The number of sulfonamides is 1. The third kappa shape index (κ3) is 6.18. The lowest BCUT2D eigenvalue weighted by molar-refractivity contribution is -0.123. The number of nitrogens with zero attached hydrogens (tertiary/aromatic N) is 2. The van der Waals surface area contributed by atoms with Gasteiger partial charge in [-0.3, -0.25) is 9.69 Å². The molecule has 1 saturated heterocycles. The van der Waals surface area contributed by atoms with Crippen LogP contribution in [0, 0.1) is 0 Å². The van der Waals surface area contributed by atoms with Gasteiger partial charge in [0.1, 0.15) is 10.6 Å². The van der Waals surface area contributed by atoms with Crippen molar-refractivity contribution in [2.75, 3.05) is 39.3 Å². The summed E-state index contributed by atoms with van der Waals surface area (Å²) in [6.07, 6.45) is -0.759. The molecule has 4 rings (SSSR count). The van der Waals surface area contributed by atoms with Gasteiger partial charge in [-0.15, -0.1) is 0 Å². The van der Waals surface area contributed by atoms with Crippen LogP contribution in [0.2, 0.25) is 0 Å². The molecule has 0 bridgehead atoms. The first-order valence-corrected chi connectivity index (χ1v) is 13.1. The van der Waals surface area contributed by atoms with E-state index in [9.17, 15) is 23.4 Å². The van der Waals surface area contributed by atoms with Crippen molar-refractivity contribution in [2.24, 2.45) is 5.73 Å². The first-order chi connectivity index (χ1) is 16.7. The van der Waals surface area contributed by atoms with Crippen LogP contribution >= 0.6 is 0 Å². The van der Waals surface area contributed by atoms with Gasteiger partial charge in [-0.1, -0.05) is 36.4 Å². The van der Waals surface area contributed by atoms with Gasteiger partial charge in [0.15, 0.2) is 6.61 Å². The zero-order chi connectivity index (χ0) is 25.0. The van der Waals surface area contributed by atoms with Crippen LogP contribution in [0.5, 0.6) is 5.75 Å². The van der Waals surface area contributed by atoms with Crippen molar-refractivity contribution in [2.45, 2.75) is 36.1 Å². The van der Waals surface area contributed by atoms with Crippen LogP contribution in [0.1, 0.15) is 11.1 Å². The fourth-order valence-electron chi connectivity index (χ4n) is 4.39. The average Bonchev–Trinajstić information content (AvgIpc) is 3.20. The van der Waals surface area contributed by atoms with Gasteiger partial charge in [0.25, 0.3) is 5.91 Å². The molecule has 2 heterocycles. The molecule has 35 heavy (non-hydrogen) atoms. The quantitative estimate of drug-likeness (QED) is 0.351. The monoisotopic (exact) mass is 504 g/mol. The van der Waals surface area contributed by atoms with Crippen molar-refractivity contribution in [1.82, 2.24) is 14.5 Å². The topological polar surface area (TPSA) is 145 Å². The number of hydrogen-bond acceptors (Lipinski definition) is 8. The molecule has 2 aromatic carbocycles. The Kier molecular flexibility index (Phi) is 8.05. The van der Waals surface area contributed by atoms with Gasteiger partial charge >= 0.3 is 0 Å². The smallest absolute Gasteiger partial charge is 0.258 e. The largest absolute Gasteiger partial charge is 0.482 e.